The fourth-order valence-corrected chi connectivity index (χ4v) is 0.258. The predicted molar refractivity (Wildman–Crippen MR) is 44.7 cm³/mol. The van der Waals surface area contributed by atoms with Crippen LogP contribution in [0.4, 0.5) is 0 Å². The molecule has 0 aliphatic heterocycles. The van der Waals surface area contributed by atoms with Crippen LogP contribution in [0, 0.1) is 0 Å². The molecule has 1 heteroatoms. The van der Waals surface area contributed by atoms with Gasteiger partial charge in [0.05, 0.1) is 0 Å². The third-order valence-electron chi connectivity index (χ3n) is 0.494. The Morgan fingerprint density at radius 2 is 1.67 bits per heavy atom. The SMILES string of the molecule is C=CCN(C)C.CCC. The van der Waals surface area contributed by atoms with Crippen molar-refractivity contribution >= 4 is 0 Å². The number of nitrogens with zero attached hydrogens (tertiary/aromatic N) is 1. The molecule has 0 heterocycles. The summed E-state index contributed by atoms with van der Waals surface area (Å²) < 4.78 is 0. The van der Waals surface area contributed by atoms with Gasteiger partial charge in [-0.15, -0.1) is 6.58 Å². The van der Waals surface area contributed by atoms with Crippen molar-refractivity contribution in [2.45, 2.75) is 20.3 Å². The normalized spacial score (nSPS) is 8.11. The highest BCUT2D eigenvalue weighted by Gasteiger charge is 1.75. The number of likely N-dealkylation sites (N-methyl/N-ethyl adjacent to an activating group) is 1. The molecule has 0 fully saturated rings. The van der Waals surface area contributed by atoms with Crippen LogP contribution in [0.1, 0.15) is 20.3 Å². The fourth-order valence-electron chi connectivity index (χ4n) is 0.258. The molecular formula is C8H19N. The molecule has 0 bridgehead atoms. The van der Waals surface area contributed by atoms with Gasteiger partial charge in [0.25, 0.3) is 0 Å². The maximum atomic E-state index is 3.56. The molecule has 0 saturated carbocycles. The molecule has 0 aromatic rings. The van der Waals surface area contributed by atoms with Crippen molar-refractivity contribution in [3.63, 3.8) is 0 Å². The van der Waals surface area contributed by atoms with E-state index in [0.29, 0.717) is 0 Å². The summed E-state index contributed by atoms with van der Waals surface area (Å²) in [6.45, 7) is 8.78. The summed E-state index contributed by atoms with van der Waals surface area (Å²) in [6.07, 6.45) is 3.12. The van der Waals surface area contributed by atoms with Gasteiger partial charge in [-0.2, -0.15) is 0 Å². The second-order valence-corrected chi connectivity index (χ2v) is 2.26. The zero-order valence-electron chi connectivity index (χ0n) is 7.15. The monoisotopic (exact) mass is 129 g/mol. The van der Waals surface area contributed by atoms with E-state index in [1.54, 1.807) is 0 Å². The molecule has 0 amide bonds. The van der Waals surface area contributed by atoms with Crippen LogP contribution in [0.25, 0.3) is 0 Å². The Balaban J connectivity index is 0. The van der Waals surface area contributed by atoms with E-state index < -0.39 is 0 Å². The number of hydrogen-bond acceptors (Lipinski definition) is 1. The van der Waals surface area contributed by atoms with Crippen molar-refractivity contribution in [2.75, 3.05) is 20.6 Å². The van der Waals surface area contributed by atoms with E-state index in [4.69, 9.17) is 0 Å². The van der Waals surface area contributed by atoms with Crippen molar-refractivity contribution < 1.29 is 0 Å². The zero-order valence-corrected chi connectivity index (χ0v) is 7.15. The van der Waals surface area contributed by atoms with Crippen molar-refractivity contribution in [1.29, 1.82) is 0 Å². The first-order chi connectivity index (χ1) is 4.18. The Labute approximate surface area is 59.4 Å². The molecule has 0 atom stereocenters. The van der Waals surface area contributed by atoms with Crippen LogP contribution in [0.3, 0.4) is 0 Å². The lowest BCUT2D eigenvalue weighted by atomic mass is 10.6. The summed E-state index contributed by atoms with van der Waals surface area (Å²) in [5, 5.41) is 0. The van der Waals surface area contributed by atoms with Gasteiger partial charge >= 0.3 is 0 Å². The van der Waals surface area contributed by atoms with E-state index in [9.17, 15) is 0 Å². The third-order valence-corrected chi connectivity index (χ3v) is 0.494. The highest BCUT2D eigenvalue weighted by molar-refractivity contribution is 4.68. The van der Waals surface area contributed by atoms with Crippen LogP contribution >= 0.6 is 0 Å². The van der Waals surface area contributed by atoms with Gasteiger partial charge in [0.15, 0.2) is 0 Å². The summed E-state index contributed by atoms with van der Waals surface area (Å²) in [7, 11) is 4.03. The molecule has 0 saturated heterocycles. The third kappa shape index (κ3) is 34.3. The van der Waals surface area contributed by atoms with Crippen molar-refractivity contribution in [3.8, 4) is 0 Å². The van der Waals surface area contributed by atoms with Crippen LogP contribution < -0.4 is 0 Å². The average molecular weight is 129 g/mol. The van der Waals surface area contributed by atoms with E-state index >= 15 is 0 Å². The maximum Gasteiger partial charge on any atom is 0.0154 e. The molecule has 1 nitrogen and oxygen atoms in total. The van der Waals surface area contributed by atoms with Crippen molar-refractivity contribution in [2.24, 2.45) is 0 Å². The standard InChI is InChI=1S/C5H11N.C3H8/c1-4-5-6(2)3;1-3-2/h4H,1,5H2,2-3H3;3H2,1-2H3. The summed E-state index contributed by atoms with van der Waals surface area (Å²) >= 11 is 0. The average Bonchev–Trinajstić information content (AvgIpc) is 1.67. The lowest BCUT2D eigenvalue weighted by Crippen LogP contribution is -2.09. The Morgan fingerprint density at radius 1 is 1.33 bits per heavy atom. The minimum absolute atomic E-state index is 0.972. The molecule has 9 heavy (non-hydrogen) atoms. The van der Waals surface area contributed by atoms with E-state index in [1.165, 1.54) is 6.42 Å². The highest BCUT2D eigenvalue weighted by Crippen LogP contribution is 1.69. The molecule has 56 valence electrons. The molecule has 0 radical (unpaired) electrons. The van der Waals surface area contributed by atoms with Gasteiger partial charge in [0, 0.05) is 6.54 Å². The van der Waals surface area contributed by atoms with Crippen LogP contribution in [0.2, 0.25) is 0 Å². The Hall–Kier alpha value is -0.300. The molecule has 0 N–H and O–H groups in total. The Kier molecular flexibility index (Phi) is 13.6. The molecule has 0 aromatic carbocycles. The molecule has 0 aliphatic carbocycles. The van der Waals surface area contributed by atoms with Gasteiger partial charge in [0.1, 0.15) is 0 Å². The molecular weight excluding hydrogens is 110 g/mol. The van der Waals surface area contributed by atoms with Crippen molar-refractivity contribution in [1.82, 2.24) is 4.90 Å². The lowest BCUT2D eigenvalue weighted by Gasteiger charge is -2.01. The quantitative estimate of drug-likeness (QED) is 0.516. The van der Waals surface area contributed by atoms with Gasteiger partial charge in [-0.25, -0.2) is 0 Å². The molecule has 0 rings (SSSR count). The van der Waals surface area contributed by atoms with Gasteiger partial charge in [-0.1, -0.05) is 26.3 Å². The first-order valence-electron chi connectivity index (χ1n) is 3.44. The second-order valence-electron chi connectivity index (χ2n) is 2.26. The first-order valence-corrected chi connectivity index (χ1v) is 3.44. The highest BCUT2D eigenvalue weighted by atomic mass is 15.0. The second kappa shape index (κ2) is 10.6. The van der Waals surface area contributed by atoms with Crippen LogP contribution in [-0.2, 0) is 0 Å². The van der Waals surface area contributed by atoms with Crippen LogP contribution in [0.5, 0.6) is 0 Å². The van der Waals surface area contributed by atoms with E-state index in [0.717, 1.165) is 6.54 Å². The Bertz CT molecular complexity index is 48.5. The Morgan fingerprint density at radius 3 is 1.67 bits per heavy atom. The molecule has 0 aromatic heterocycles. The largest absolute Gasteiger partial charge is 0.306 e. The van der Waals surface area contributed by atoms with Crippen LogP contribution in [0.15, 0.2) is 12.7 Å². The van der Waals surface area contributed by atoms with Crippen LogP contribution in [-0.4, -0.2) is 25.5 Å². The smallest absolute Gasteiger partial charge is 0.0154 e. The summed E-state index contributed by atoms with van der Waals surface area (Å²) in [4.78, 5) is 2.06. The summed E-state index contributed by atoms with van der Waals surface area (Å²) in [5.41, 5.74) is 0. The minimum Gasteiger partial charge on any atom is -0.306 e. The molecule has 0 unspecified atom stereocenters. The van der Waals surface area contributed by atoms with Gasteiger partial charge in [-0.3, -0.25) is 0 Å². The van der Waals surface area contributed by atoms with Gasteiger partial charge < -0.3 is 4.90 Å². The van der Waals surface area contributed by atoms with E-state index in [-0.39, 0.29) is 0 Å². The first kappa shape index (κ1) is 11.5. The predicted octanol–water partition coefficient (Wildman–Crippen LogP) is 2.15. The topological polar surface area (TPSA) is 3.24 Å². The minimum atomic E-state index is 0.972. The van der Waals surface area contributed by atoms with Gasteiger partial charge in [0.2, 0.25) is 0 Å². The molecule has 0 aliphatic rings. The maximum absolute atomic E-state index is 3.56. The zero-order chi connectivity index (χ0) is 7.70. The molecule has 0 spiro atoms. The number of hydrogen-bond donors (Lipinski definition) is 0. The van der Waals surface area contributed by atoms with Gasteiger partial charge in [-0.05, 0) is 14.1 Å². The fraction of sp³-hybridized carbons (Fsp3) is 0.750. The number of rotatable bonds is 2. The summed E-state index contributed by atoms with van der Waals surface area (Å²) in [5.74, 6) is 0. The lowest BCUT2D eigenvalue weighted by molar-refractivity contribution is 0.457. The van der Waals surface area contributed by atoms with Crippen molar-refractivity contribution in [3.05, 3.63) is 12.7 Å². The summed E-state index contributed by atoms with van der Waals surface area (Å²) in [6, 6.07) is 0. The van der Waals surface area contributed by atoms with E-state index in [1.807, 2.05) is 20.2 Å². The van der Waals surface area contributed by atoms with E-state index in [2.05, 4.69) is 25.3 Å².